The molecule has 0 bridgehead atoms. The summed E-state index contributed by atoms with van der Waals surface area (Å²) in [6, 6.07) is 6.00. The molecule has 0 saturated carbocycles. The van der Waals surface area contributed by atoms with Gasteiger partial charge in [0, 0.05) is 13.2 Å². The van der Waals surface area contributed by atoms with Crippen LogP contribution in [-0.2, 0) is 4.74 Å². The Bertz CT molecular complexity index is 302. The molecule has 2 nitrogen and oxygen atoms in total. The standard InChI is InChI=1S/C12H18O.C4H10O/c1-8(2)10-6-5-7-11(9(3)4)12(10)13;1-3-5-4-2/h5-9,13H,1-4H3;3-4H2,1-2H3. The molecule has 0 aliphatic carbocycles. The number of phenolic OH excluding ortho intramolecular Hbond substituents is 1. The van der Waals surface area contributed by atoms with E-state index in [0.717, 1.165) is 24.3 Å². The van der Waals surface area contributed by atoms with Crippen LogP contribution in [0, 0.1) is 0 Å². The number of aromatic hydroxyl groups is 1. The molecule has 1 N–H and O–H groups in total. The molecule has 104 valence electrons. The van der Waals surface area contributed by atoms with Crippen LogP contribution in [0.5, 0.6) is 5.75 Å². The van der Waals surface area contributed by atoms with Crippen molar-refractivity contribution < 1.29 is 9.84 Å². The highest BCUT2D eigenvalue weighted by atomic mass is 16.5. The van der Waals surface area contributed by atoms with Gasteiger partial charge in [0.25, 0.3) is 0 Å². The fourth-order valence-electron chi connectivity index (χ4n) is 1.72. The first-order valence-corrected chi connectivity index (χ1v) is 6.85. The molecule has 1 aromatic rings. The fourth-order valence-corrected chi connectivity index (χ4v) is 1.72. The second kappa shape index (κ2) is 8.98. The summed E-state index contributed by atoms with van der Waals surface area (Å²) in [6.07, 6.45) is 0. The van der Waals surface area contributed by atoms with Gasteiger partial charge in [-0.05, 0) is 36.8 Å². The molecule has 1 rings (SSSR count). The van der Waals surface area contributed by atoms with Crippen LogP contribution in [0.15, 0.2) is 18.2 Å². The minimum absolute atomic E-state index is 0.388. The van der Waals surface area contributed by atoms with Gasteiger partial charge >= 0.3 is 0 Å². The second-order valence-electron chi connectivity index (χ2n) is 4.88. The summed E-state index contributed by atoms with van der Waals surface area (Å²) in [5.41, 5.74) is 2.09. The number of hydrogen-bond donors (Lipinski definition) is 1. The normalized spacial score (nSPS) is 10.4. The highest BCUT2D eigenvalue weighted by Crippen LogP contribution is 2.32. The van der Waals surface area contributed by atoms with Gasteiger partial charge in [-0.2, -0.15) is 0 Å². The molecule has 1 aromatic carbocycles. The zero-order valence-electron chi connectivity index (χ0n) is 12.7. The van der Waals surface area contributed by atoms with Crippen LogP contribution >= 0.6 is 0 Å². The highest BCUT2D eigenvalue weighted by Gasteiger charge is 2.11. The third kappa shape index (κ3) is 5.54. The Hall–Kier alpha value is -1.02. The molecule has 2 heteroatoms. The van der Waals surface area contributed by atoms with Gasteiger partial charge in [0.05, 0.1) is 0 Å². The minimum Gasteiger partial charge on any atom is -0.507 e. The third-order valence-corrected chi connectivity index (χ3v) is 2.75. The molecule has 0 unspecified atom stereocenters. The summed E-state index contributed by atoms with van der Waals surface area (Å²) in [5.74, 6) is 1.25. The van der Waals surface area contributed by atoms with Crippen LogP contribution in [0.2, 0.25) is 0 Å². The van der Waals surface area contributed by atoms with E-state index in [1.165, 1.54) is 0 Å². The number of hydrogen-bond acceptors (Lipinski definition) is 2. The van der Waals surface area contributed by atoms with Crippen molar-refractivity contribution >= 4 is 0 Å². The molecule has 0 atom stereocenters. The number of benzene rings is 1. The molecule has 0 spiro atoms. The zero-order valence-corrected chi connectivity index (χ0v) is 12.7. The van der Waals surface area contributed by atoms with E-state index in [1.54, 1.807) is 0 Å². The van der Waals surface area contributed by atoms with E-state index in [0.29, 0.717) is 17.6 Å². The fraction of sp³-hybridized carbons (Fsp3) is 0.625. The van der Waals surface area contributed by atoms with Crippen LogP contribution in [-0.4, -0.2) is 18.3 Å². The Labute approximate surface area is 112 Å². The Balaban J connectivity index is 0.000000494. The molecule has 0 aliphatic rings. The van der Waals surface area contributed by atoms with Gasteiger partial charge in [-0.25, -0.2) is 0 Å². The van der Waals surface area contributed by atoms with E-state index in [2.05, 4.69) is 27.7 Å². The van der Waals surface area contributed by atoms with Gasteiger partial charge in [-0.15, -0.1) is 0 Å². The summed E-state index contributed by atoms with van der Waals surface area (Å²) in [4.78, 5) is 0. The maximum absolute atomic E-state index is 9.93. The van der Waals surface area contributed by atoms with E-state index < -0.39 is 0 Å². The lowest BCUT2D eigenvalue weighted by atomic mass is 9.94. The average Bonchev–Trinajstić information content (AvgIpc) is 2.30. The molecule has 0 heterocycles. The molecule has 0 aromatic heterocycles. The largest absolute Gasteiger partial charge is 0.507 e. The van der Waals surface area contributed by atoms with Crippen LogP contribution < -0.4 is 0 Å². The van der Waals surface area contributed by atoms with Gasteiger partial charge < -0.3 is 9.84 Å². The van der Waals surface area contributed by atoms with Crippen molar-refractivity contribution in [3.63, 3.8) is 0 Å². The van der Waals surface area contributed by atoms with Gasteiger partial charge in [0.15, 0.2) is 0 Å². The van der Waals surface area contributed by atoms with Gasteiger partial charge in [-0.3, -0.25) is 0 Å². The summed E-state index contributed by atoms with van der Waals surface area (Å²) < 4.78 is 4.83. The summed E-state index contributed by atoms with van der Waals surface area (Å²) in [7, 11) is 0. The quantitative estimate of drug-likeness (QED) is 0.843. The van der Waals surface area contributed by atoms with Crippen LogP contribution in [0.4, 0.5) is 0 Å². The molecule has 18 heavy (non-hydrogen) atoms. The van der Waals surface area contributed by atoms with Crippen molar-refractivity contribution in [2.45, 2.75) is 53.4 Å². The van der Waals surface area contributed by atoms with E-state index in [9.17, 15) is 5.11 Å². The second-order valence-corrected chi connectivity index (χ2v) is 4.88. The zero-order chi connectivity index (χ0) is 14.1. The van der Waals surface area contributed by atoms with Crippen molar-refractivity contribution in [3.8, 4) is 5.75 Å². The van der Waals surface area contributed by atoms with Gasteiger partial charge in [-0.1, -0.05) is 45.9 Å². The lowest BCUT2D eigenvalue weighted by Gasteiger charge is -2.14. The summed E-state index contributed by atoms with van der Waals surface area (Å²) >= 11 is 0. The Morgan fingerprint density at radius 2 is 1.33 bits per heavy atom. The lowest BCUT2D eigenvalue weighted by molar-refractivity contribution is 0.162. The number of para-hydroxylation sites is 1. The Morgan fingerprint density at radius 3 is 1.56 bits per heavy atom. The van der Waals surface area contributed by atoms with Gasteiger partial charge in [0.1, 0.15) is 5.75 Å². The first-order valence-electron chi connectivity index (χ1n) is 6.85. The molecule has 0 saturated heterocycles. The SMILES string of the molecule is CC(C)c1cccc(C(C)C)c1O.CCOCC. The third-order valence-electron chi connectivity index (χ3n) is 2.75. The van der Waals surface area contributed by atoms with Crippen molar-refractivity contribution in [2.24, 2.45) is 0 Å². The van der Waals surface area contributed by atoms with Crippen molar-refractivity contribution in [3.05, 3.63) is 29.3 Å². The maximum Gasteiger partial charge on any atom is 0.122 e. The maximum atomic E-state index is 9.93. The molecule has 0 amide bonds. The minimum atomic E-state index is 0.388. The van der Waals surface area contributed by atoms with Crippen molar-refractivity contribution in [2.75, 3.05) is 13.2 Å². The monoisotopic (exact) mass is 252 g/mol. The molecule has 0 fully saturated rings. The molecular weight excluding hydrogens is 224 g/mol. The predicted molar refractivity (Wildman–Crippen MR) is 78.5 cm³/mol. The molecular formula is C16H28O2. The average molecular weight is 252 g/mol. The number of rotatable bonds is 4. The van der Waals surface area contributed by atoms with Crippen LogP contribution in [0.3, 0.4) is 0 Å². The first-order chi connectivity index (χ1) is 8.45. The number of phenols is 1. The van der Waals surface area contributed by atoms with Gasteiger partial charge in [0.2, 0.25) is 0 Å². The molecule has 0 aliphatic heterocycles. The molecule has 0 radical (unpaired) electrons. The van der Waals surface area contributed by atoms with E-state index in [4.69, 9.17) is 4.74 Å². The highest BCUT2D eigenvalue weighted by molar-refractivity contribution is 5.43. The Kier molecular flexibility index (Phi) is 8.47. The van der Waals surface area contributed by atoms with E-state index in [1.807, 2.05) is 32.0 Å². The van der Waals surface area contributed by atoms with E-state index >= 15 is 0 Å². The number of ether oxygens (including phenoxy) is 1. The topological polar surface area (TPSA) is 29.5 Å². The van der Waals surface area contributed by atoms with Crippen molar-refractivity contribution in [1.82, 2.24) is 0 Å². The van der Waals surface area contributed by atoms with Crippen molar-refractivity contribution in [1.29, 1.82) is 0 Å². The predicted octanol–water partition coefficient (Wildman–Crippen LogP) is 4.68. The summed E-state index contributed by atoms with van der Waals surface area (Å²) in [5, 5.41) is 9.93. The summed E-state index contributed by atoms with van der Waals surface area (Å²) in [6.45, 7) is 14.1. The van der Waals surface area contributed by atoms with E-state index in [-0.39, 0.29) is 0 Å². The Morgan fingerprint density at radius 1 is 0.944 bits per heavy atom. The van der Waals surface area contributed by atoms with Crippen LogP contribution in [0.1, 0.15) is 64.5 Å². The smallest absolute Gasteiger partial charge is 0.122 e. The first kappa shape index (κ1) is 17.0. The van der Waals surface area contributed by atoms with Crippen LogP contribution in [0.25, 0.3) is 0 Å². The lowest BCUT2D eigenvalue weighted by Crippen LogP contribution is -1.94.